The normalized spacial score (nSPS) is 12.0. The first-order valence-corrected chi connectivity index (χ1v) is 6.27. The van der Waals surface area contributed by atoms with Crippen molar-refractivity contribution in [2.75, 3.05) is 5.32 Å². The molecule has 0 spiro atoms. The molecule has 8 heteroatoms. The number of ketones is 1. The van der Waals surface area contributed by atoms with Gasteiger partial charge in [-0.2, -0.15) is 13.2 Å². The molecular formula is C14H15F4NO3. The van der Waals surface area contributed by atoms with Crippen LogP contribution in [0.1, 0.15) is 26.3 Å². The largest absolute Gasteiger partial charge is 0.450 e. The summed E-state index contributed by atoms with van der Waals surface area (Å²) in [6.45, 7) is 4.81. The van der Waals surface area contributed by atoms with Gasteiger partial charge in [0.05, 0.1) is 0 Å². The Morgan fingerprint density at radius 2 is 1.77 bits per heavy atom. The molecule has 0 bridgehead atoms. The van der Waals surface area contributed by atoms with Gasteiger partial charge in [0, 0.05) is 12.1 Å². The van der Waals surface area contributed by atoms with Gasteiger partial charge in [0.15, 0.2) is 0 Å². The molecule has 1 aromatic rings. The highest BCUT2D eigenvalue weighted by Crippen LogP contribution is 2.24. The number of ether oxygens (including phenoxy) is 1. The lowest BCUT2D eigenvalue weighted by atomic mass is 10.1. The Balaban J connectivity index is 2.96. The smallest absolute Gasteiger partial charge is 0.444 e. The summed E-state index contributed by atoms with van der Waals surface area (Å²) in [4.78, 5) is 22.6. The molecule has 1 amide bonds. The second-order valence-electron chi connectivity index (χ2n) is 5.53. The van der Waals surface area contributed by atoms with Crippen molar-refractivity contribution >= 4 is 17.6 Å². The van der Waals surface area contributed by atoms with Crippen molar-refractivity contribution in [2.24, 2.45) is 0 Å². The molecule has 0 aliphatic rings. The molecule has 0 saturated carbocycles. The van der Waals surface area contributed by atoms with E-state index >= 15 is 0 Å². The highest BCUT2D eigenvalue weighted by Gasteiger charge is 2.38. The Labute approximate surface area is 124 Å². The van der Waals surface area contributed by atoms with Gasteiger partial charge < -0.3 is 4.74 Å². The SMILES string of the molecule is CC(C)(C)OC(=O)Nc1ccc(F)cc1CC(=O)C(F)(F)F. The van der Waals surface area contributed by atoms with E-state index in [-0.39, 0.29) is 11.3 Å². The van der Waals surface area contributed by atoms with Gasteiger partial charge in [-0.1, -0.05) is 0 Å². The molecule has 0 unspecified atom stereocenters. The van der Waals surface area contributed by atoms with E-state index in [0.29, 0.717) is 0 Å². The second-order valence-corrected chi connectivity index (χ2v) is 5.53. The monoisotopic (exact) mass is 321 g/mol. The molecule has 22 heavy (non-hydrogen) atoms. The van der Waals surface area contributed by atoms with Crippen molar-refractivity contribution in [3.05, 3.63) is 29.6 Å². The Hall–Kier alpha value is -2.12. The quantitative estimate of drug-likeness (QED) is 0.861. The maximum Gasteiger partial charge on any atom is 0.450 e. The van der Waals surface area contributed by atoms with Crippen LogP contribution in [0.25, 0.3) is 0 Å². The lowest BCUT2D eigenvalue weighted by molar-refractivity contribution is -0.170. The molecular weight excluding hydrogens is 306 g/mol. The molecule has 4 nitrogen and oxygen atoms in total. The molecule has 1 N–H and O–H groups in total. The van der Waals surface area contributed by atoms with Gasteiger partial charge in [-0.05, 0) is 44.5 Å². The van der Waals surface area contributed by atoms with Crippen LogP contribution in [-0.4, -0.2) is 23.7 Å². The van der Waals surface area contributed by atoms with Gasteiger partial charge in [0.25, 0.3) is 0 Å². The zero-order chi connectivity index (χ0) is 17.1. The summed E-state index contributed by atoms with van der Waals surface area (Å²) in [6.07, 6.45) is -7.03. The minimum absolute atomic E-state index is 0.117. The predicted molar refractivity (Wildman–Crippen MR) is 71.0 cm³/mol. The maximum absolute atomic E-state index is 13.2. The maximum atomic E-state index is 13.2. The number of anilines is 1. The summed E-state index contributed by atoms with van der Waals surface area (Å²) in [5, 5.41) is 2.20. The first-order valence-electron chi connectivity index (χ1n) is 6.27. The van der Waals surface area contributed by atoms with E-state index in [1.54, 1.807) is 20.8 Å². The van der Waals surface area contributed by atoms with Gasteiger partial charge in [-0.15, -0.1) is 0 Å². The summed E-state index contributed by atoms with van der Waals surface area (Å²) in [5.41, 5.74) is -1.21. The van der Waals surface area contributed by atoms with Crippen molar-refractivity contribution in [3.63, 3.8) is 0 Å². The van der Waals surface area contributed by atoms with Crippen molar-refractivity contribution in [1.82, 2.24) is 0 Å². The van der Waals surface area contributed by atoms with Gasteiger partial charge in [0.2, 0.25) is 5.78 Å². The van der Waals surface area contributed by atoms with E-state index in [2.05, 4.69) is 5.32 Å². The number of halogens is 4. The van der Waals surface area contributed by atoms with E-state index in [9.17, 15) is 27.2 Å². The van der Waals surface area contributed by atoms with E-state index in [0.717, 1.165) is 18.2 Å². The van der Waals surface area contributed by atoms with E-state index in [1.807, 2.05) is 0 Å². The van der Waals surface area contributed by atoms with Crippen LogP contribution in [0.3, 0.4) is 0 Å². The Kier molecular flexibility index (Phi) is 5.16. The lowest BCUT2D eigenvalue weighted by Crippen LogP contribution is -2.28. The molecule has 1 aromatic carbocycles. The molecule has 0 aliphatic heterocycles. The number of rotatable bonds is 3. The van der Waals surface area contributed by atoms with Gasteiger partial charge in [-0.25, -0.2) is 9.18 Å². The van der Waals surface area contributed by atoms with Crippen molar-refractivity contribution in [1.29, 1.82) is 0 Å². The number of benzene rings is 1. The number of amides is 1. The lowest BCUT2D eigenvalue weighted by Gasteiger charge is -2.20. The van der Waals surface area contributed by atoms with Crippen LogP contribution in [0.5, 0.6) is 0 Å². The molecule has 0 radical (unpaired) electrons. The second kappa shape index (κ2) is 6.33. The van der Waals surface area contributed by atoms with Crippen LogP contribution < -0.4 is 5.32 Å². The van der Waals surface area contributed by atoms with Gasteiger partial charge >= 0.3 is 12.3 Å². The van der Waals surface area contributed by atoms with Crippen molar-refractivity contribution in [2.45, 2.75) is 39.0 Å². The third kappa shape index (κ3) is 5.71. The van der Waals surface area contributed by atoms with Crippen LogP contribution >= 0.6 is 0 Å². The van der Waals surface area contributed by atoms with E-state index < -0.39 is 35.9 Å². The fraction of sp³-hybridized carbons (Fsp3) is 0.429. The van der Waals surface area contributed by atoms with Crippen LogP contribution in [0.4, 0.5) is 28.0 Å². The molecule has 0 aliphatic carbocycles. The number of hydrogen-bond donors (Lipinski definition) is 1. The highest BCUT2D eigenvalue weighted by molar-refractivity contribution is 5.90. The Morgan fingerprint density at radius 3 is 2.27 bits per heavy atom. The topological polar surface area (TPSA) is 55.4 Å². The summed E-state index contributed by atoms with van der Waals surface area (Å²) in [6, 6.07) is 2.78. The van der Waals surface area contributed by atoms with Gasteiger partial charge in [0.1, 0.15) is 11.4 Å². The van der Waals surface area contributed by atoms with Crippen molar-refractivity contribution < 1.29 is 31.9 Å². The molecule has 1 rings (SSSR count). The third-order valence-corrected chi connectivity index (χ3v) is 2.37. The number of Topliss-reactive ketones (excluding diaryl/α,β-unsaturated/α-hetero) is 1. The predicted octanol–water partition coefficient (Wildman–Crippen LogP) is 3.85. The number of alkyl halides is 3. The number of hydrogen-bond acceptors (Lipinski definition) is 3. The minimum atomic E-state index is -5.03. The Morgan fingerprint density at radius 1 is 1.18 bits per heavy atom. The van der Waals surface area contributed by atoms with Crippen LogP contribution in [-0.2, 0) is 16.0 Å². The summed E-state index contributed by atoms with van der Waals surface area (Å²) >= 11 is 0. The molecule has 0 fully saturated rings. The average Bonchev–Trinajstić information content (AvgIpc) is 2.29. The molecule has 0 atom stereocenters. The standard InChI is InChI=1S/C14H15F4NO3/c1-13(2,3)22-12(21)19-10-5-4-9(15)6-8(10)7-11(20)14(16,17)18/h4-6H,7H2,1-3H3,(H,19,21). The number of nitrogens with one attached hydrogen (secondary N) is 1. The van der Waals surface area contributed by atoms with Crippen LogP contribution in [0.2, 0.25) is 0 Å². The summed E-state index contributed by atoms with van der Waals surface area (Å²) in [7, 11) is 0. The number of carbonyl (C=O) groups excluding carboxylic acids is 2. The molecule has 0 heterocycles. The molecule has 122 valence electrons. The summed E-state index contributed by atoms with van der Waals surface area (Å²) in [5.74, 6) is -2.86. The van der Waals surface area contributed by atoms with Crippen LogP contribution in [0, 0.1) is 5.82 Å². The van der Waals surface area contributed by atoms with E-state index in [4.69, 9.17) is 4.74 Å². The zero-order valence-electron chi connectivity index (χ0n) is 12.2. The third-order valence-electron chi connectivity index (χ3n) is 2.37. The van der Waals surface area contributed by atoms with Gasteiger partial charge in [-0.3, -0.25) is 10.1 Å². The summed E-state index contributed by atoms with van der Waals surface area (Å²) < 4.78 is 55.0. The first-order chi connectivity index (χ1) is 9.88. The molecule has 0 saturated heterocycles. The minimum Gasteiger partial charge on any atom is -0.444 e. The zero-order valence-corrected chi connectivity index (χ0v) is 12.2. The van der Waals surface area contributed by atoms with Crippen molar-refractivity contribution in [3.8, 4) is 0 Å². The van der Waals surface area contributed by atoms with Crippen LogP contribution in [0.15, 0.2) is 18.2 Å². The average molecular weight is 321 g/mol. The Bertz CT molecular complexity index is 576. The fourth-order valence-electron chi connectivity index (χ4n) is 1.52. The fourth-order valence-corrected chi connectivity index (χ4v) is 1.52. The highest BCUT2D eigenvalue weighted by atomic mass is 19.4. The molecule has 0 aromatic heterocycles. The first kappa shape index (κ1) is 17.9. The number of carbonyl (C=O) groups is 2. The van der Waals surface area contributed by atoms with E-state index in [1.165, 1.54) is 0 Å².